The highest BCUT2D eigenvalue weighted by molar-refractivity contribution is 7.19. The summed E-state index contributed by atoms with van der Waals surface area (Å²) in [5.74, 6) is 1.69. The van der Waals surface area contributed by atoms with Gasteiger partial charge in [0.15, 0.2) is 11.6 Å². The van der Waals surface area contributed by atoms with Gasteiger partial charge in [-0.15, -0.1) is 27.2 Å². The molecular weight excluding hydrogens is 557 g/mol. The van der Waals surface area contributed by atoms with Crippen LogP contribution in [0.15, 0.2) is 49.1 Å². The Bertz CT molecular complexity index is 1310. The molecule has 1 unspecified atom stereocenters. The highest BCUT2D eigenvalue weighted by Gasteiger charge is 2.23. The van der Waals surface area contributed by atoms with Gasteiger partial charge in [-0.25, -0.2) is 9.97 Å². The van der Waals surface area contributed by atoms with Crippen LogP contribution in [0.1, 0.15) is 56.4 Å². The smallest absolute Gasteiger partial charge is 0.162 e. The van der Waals surface area contributed by atoms with E-state index in [4.69, 9.17) is 21.1 Å². The number of nitrogen functional groups attached to an aromatic ring is 1. The number of piperazine rings is 1. The van der Waals surface area contributed by atoms with Crippen LogP contribution in [0.3, 0.4) is 0 Å². The van der Waals surface area contributed by atoms with Crippen LogP contribution in [0.5, 0.6) is 0 Å². The second kappa shape index (κ2) is 17.5. The molecule has 0 saturated carbocycles. The van der Waals surface area contributed by atoms with Crippen LogP contribution in [0.25, 0.3) is 21.6 Å². The number of hydrogen-bond acceptors (Lipinski definition) is 8. The first-order valence-corrected chi connectivity index (χ1v) is 16.8. The molecule has 3 aromatic rings. The number of nitrogens with two attached hydrogens (primary N) is 1. The molecule has 0 amide bonds. The summed E-state index contributed by atoms with van der Waals surface area (Å²) in [7, 11) is 4.84. The van der Waals surface area contributed by atoms with Crippen LogP contribution in [0, 0.1) is 5.41 Å². The molecule has 5 rings (SSSR count). The first-order valence-electron chi connectivity index (χ1n) is 15.2. The van der Waals surface area contributed by atoms with Gasteiger partial charge in [0.1, 0.15) is 0 Å². The van der Waals surface area contributed by atoms with E-state index in [-0.39, 0.29) is 0 Å². The molecule has 4 heterocycles. The number of fused-ring (bicyclic) bond motifs is 1. The minimum absolute atomic E-state index is 0.583. The maximum atomic E-state index is 7.84. The topological polar surface area (TPSA) is 85.4 Å². The van der Waals surface area contributed by atoms with E-state index in [1.165, 1.54) is 40.6 Å². The fourth-order valence-electron chi connectivity index (χ4n) is 4.88. The van der Waals surface area contributed by atoms with Gasteiger partial charge in [-0.05, 0) is 51.0 Å². The van der Waals surface area contributed by atoms with Gasteiger partial charge in [0.2, 0.25) is 0 Å². The number of nitrogens with one attached hydrogen (secondary N) is 1. The number of hydrogen-bond donors (Lipinski definition) is 2. The Hall–Kier alpha value is -2.64. The van der Waals surface area contributed by atoms with Gasteiger partial charge in [-0.3, -0.25) is 4.90 Å². The fourth-order valence-corrected chi connectivity index (χ4v) is 6.24. The van der Waals surface area contributed by atoms with Crippen molar-refractivity contribution in [2.75, 3.05) is 63.1 Å². The predicted octanol–water partition coefficient (Wildman–Crippen LogP) is 7.09. The fraction of sp³-hybridized carbons (Fsp3) is 0.485. The van der Waals surface area contributed by atoms with Gasteiger partial charge < -0.3 is 20.9 Å². The number of nitrogens with zero attached hydrogens (tertiary/aromatic N) is 5. The van der Waals surface area contributed by atoms with Crippen LogP contribution in [0.2, 0.25) is 0 Å². The largest absolute Gasteiger partial charge is 0.398 e. The Labute approximate surface area is 259 Å². The molecule has 42 heavy (non-hydrogen) atoms. The summed E-state index contributed by atoms with van der Waals surface area (Å²) in [5, 5.41) is 7.84. The zero-order valence-corrected chi connectivity index (χ0v) is 27.8. The maximum Gasteiger partial charge on any atom is 0.162 e. The zero-order chi connectivity index (χ0) is 30.5. The number of allylic oxidation sites excluding steroid dienone is 2. The Morgan fingerprint density at radius 1 is 1.12 bits per heavy atom. The van der Waals surface area contributed by atoms with Crippen molar-refractivity contribution in [1.82, 2.24) is 19.8 Å². The van der Waals surface area contributed by atoms with Gasteiger partial charge >= 0.3 is 0 Å². The van der Waals surface area contributed by atoms with E-state index in [0.717, 1.165) is 81.7 Å². The SMILES string of the molecule is C=CCCC(=C)CP.CCC.CN1CCN(Cc2cc3nc(-c4cccc(N)c4C=N)nc(N4CCCC4)c3s2)CC1. The van der Waals surface area contributed by atoms with E-state index >= 15 is 0 Å². The number of rotatable bonds is 9. The summed E-state index contributed by atoms with van der Waals surface area (Å²) in [4.78, 5) is 18.6. The molecule has 3 N–H and O–H groups in total. The molecule has 0 aliphatic carbocycles. The molecule has 2 aliphatic heterocycles. The molecule has 2 aliphatic rings. The molecule has 7 nitrogen and oxygen atoms in total. The van der Waals surface area contributed by atoms with Gasteiger partial charge in [0.25, 0.3) is 0 Å². The Kier molecular flexibility index (Phi) is 14.1. The lowest BCUT2D eigenvalue weighted by Crippen LogP contribution is -2.43. The first-order chi connectivity index (χ1) is 20.3. The lowest BCUT2D eigenvalue weighted by atomic mass is 10.1. The third-order valence-corrected chi connectivity index (χ3v) is 8.98. The third kappa shape index (κ3) is 9.43. The number of likely N-dealkylation sites (N-methyl/N-ethyl adjacent to an activating group) is 1. The van der Waals surface area contributed by atoms with Crippen LogP contribution >= 0.6 is 20.6 Å². The van der Waals surface area contributed by atoms with Gasteiger partial charge in [-0.1, -0.05) is 50.6 Å². The quantitative estimate of drug-likeness (QED) is 0.117. The monoisotopic (exact) mass is 607 g/mol. The second-order valence-electron chi connectivity index (χ2n) is 11.0. The molecule has 0 bridgehead atoms. The Balaban J connectivity index is 0.000000378. The first kappa shape index (κ1) is 33.9. The number of aromatic nitrogens is 2. The van der Waals surface area contributed by atoms with Crippen molar-refractivity contribution < 1.29 is 0 Å². The summed E-state index contributed by atoms with van der Waals surface area (Å²) < 4.78 is 1.18. The number of anilines is 2. The lowest BCUT2D eigenvalue weighted by Gasteiger charge is -2.31. The minimum Gasteiger partial charge on any atom is -0.398 e. The molecule has 0 spiro atoms. The normalized spacial score (nSPS) is 15.5. The molecule has 2 saturated heterocycles. The van der Waals surface area contributed by atoms with E-state index in [1.54, 1.807) is 0 Å². The van der Waals surface area contributed by atoms with Crippen molar-refractivity contribution in [3.05, 3.63) is 59.5 Å². The Morgan fingerprint density at radius 3 is 2.43 bits per heavy atom. The summed E-state index contributed by atoms with van der Waals surface area (Å²) in [6, 6.07) is 7.93. The number of benzene rings is 1. The van der Waals surface area contributed by atoms with E-state index in [1.807, 2.05) is 35.6 Å². The van der Waals surface area contributed by atoms with Crippen molar-refractivity contribution in [3.8, 4) is 11.4 Å². The maximum absolute atomic E-state index is 7.84. The van der Waals surface area contributed by atoms with Crippen LogP contribution in [-0.2, 0) is 6.54 Å². The Morgan fingerprint density at radius 2 is 1.81 bits per heavy atom. The van der Waals surface area contributed by atoms with E-state index in [2.05, 4.69) is 64.1 Å². The molecule has 9 heteroatoms. The standard InChI is InChI=1S/C23H29N7S.C7H13P.C3H8/c1-28-9-11-29(12-10-28)15-16-13-20-21(31-16)23(30-7-2-3-8-30)27-22(26-20)17-5-4-6-19(25)18(17)14-24;1-3-4-5-7(2)6-8;1-3-2/h4-6,13-14,24H,2-3,7-12,15,25H2,1H3;3H,1-2,4-6,8H2;3H2,1-2H3. The van der Waals surface area contributed by atoms with E-state index in [0.29, 0.717) is 17.1 Å². The van der Waals surface area contributed by atoms with Gasteiger partial charge in [0, 0.05) is 73.7 Å². The average molecular weight is 608 g/mol. The highest BCUT2D eigenvalue weighted by Crippen LogP contribution is 2.37. The molecule has 0 radical (unpaired) electrons. The molecule has 1 aromatic carbocycles. The van der Waals surface area contributed by atoms with Crippen LogP contribution < -0.4 is 10.6 Å². The van der Waals surface area contributed by atoms with Crippen molar-refractivity contribution in [3.63, 3.8) is 0 Å². The predicted molar refractivity (Wildman–Crippen MR) is 188 cm³/mol. The summed E-state index contributed by atoms with van der Waals surface area (Å²) in [6.07, 6.45) is 10.1. The van der Waals surface area contributed by atoms with Crippen molar-refractivity contribution in [2.45, 2.75) is 52.5 Å². The molecular formula is C33H50N7PS. The van der Waals surface area contributed by atoms with E-state index < -0.39 is 0 Å². The van der Waals surface area contributed by atoms with Crippen LogP contribution in [0.4, 0.5) is 11.5 Å². The molecule has 2 aromatic heterocycles. The van der Waals surface area contributed by atoms with E-state index in [9.17, 15) is 0 Å². The van der Waals surface area contributed by atoms with Gasteiger partial charge in [0.05, 0.1) is 10.2 Å². The van der Waals surface area contributed by atoms with Crippen molar-refractivity contribution in [1.29, 1.82) is 5.41 Å². The lowest BCUT2D eigenvalue weighted by molar-refractivity contribution is 0.149. The van der Waals surface area contributed by atoms with Crippen LogP contribution in [-0.4, -0.2) is 78.5 Å². The zero-order valence-electron chi connectivity index (χ0n) is 25.9. The second-order valence-corrected chi connectivity index (χ2v) is 12.6. The molecule has 228 valence electrons. The van der Waals surface area contributed by atoms with Crippen molar-refractivity contribution >= 4 is 48.5 Å². The minimum atomic E-state index is 0.583. The number of thiophene rings is 1. The summed E-state index contributed by atoms with van der Waals surface area (Å²) >= 11 is 1.83. The summed E-state index contributed by atoms with van der Waals surface area (Å²) in [6.45, 7) is 19.2. The summed E-state index contributed by atoms with van der Waals surface area (Å²) in [5.41, 5.74) is 10.5. The highest BCUT2D eigenvalue weighted by atomic mass is 32.1. The molecule has 2 fully saturated rings. The molecule has 1 atom stereocenters. The average Bonchev–Trinajstić information content (AvgIpc) is 3.67. The van der Waals surface area contributed by atoms with Crippen molar-refractivity contribution in [2.24, 2.45) is 0 Å². The van der Waals surface area contributed by atoms with Gasteiger partial charge in [-0.2, -0.15) is 0 Å². The third-order valence-electron chi connectivity index (χ3n) is 7.30.